The second-order valence-corrected chi connectivity index (χ2v) is 6.84. The largest absolute Gasteiger partial charge is 0.314 e. The third kappa shape index (κ3) is 10.4. The average molecular weight is 250 g/mol. The molecule has 0 saturated heterocycles. The van der Waals surface area contributed by atoms with E-state index in [1.807, 2.05) is 7.05 Å². The molecule has 0 aliphatic rings. The molecule has 0 aromatic rings. The quantitative estimate of drug-likeness (QED) is 0.656. The summed E-state index contributed by atoms with van der Waals surface area (Å²) in [6.45, 7) is 6.93. The van der Waals surface area contributed by atoms with Gasteiger partial charge in [0.1, 0.15) is 9.84 Å². The van der Waals surface area contributed by atoms with Crippen LogP contribution in [0.15, 0.2) is 0 Å². The number of hydrogen-bond acceptors (Lipinski definition) is 4. The maximum absolute atomic E-state index is 11.0. The topological polar surface area (TPSA) is 49.4 Å². The van der Waals surface area contributed by atoms with Crippen molar-refractivity contribution in [3.63, 3.8) is 0 Å². The van der Waals surface area contributed by atoms with Crippen LogP contribution in [0.2, 0.25) is 0 Å². The van der Waals surface area contributed by atoms with E-state index >= 15 is 0 Å². The molecule has 0 bridgehead atoms. The molecule has 0 aromatic heterocycles. The molecule has 0 aliphatic carbocycles. The van der Waals surface area contributed by atoms with Crippen molar-refractivity contribution in [3.05, 3.63) is 0 Å². The zero-order valence-electron chi connectivity index (χ0n) is 11.0. The lowest BCUT2D eigenvalue weighted by Gasteiger charge is -2.19. The predicted octanol–water partition coefficient (Wildman–Crippen LogP) is 0.741. The highest BCUT2D eigenvalue weighted by molar-refractivity contribution is 7.90. The van der Waals surface area contributed by atoms with Crippen LogP contribution >= 0.6 is 0 Å². The summed E-state index contributed by atoms with van der Waals surface area (Å²) in [7, 11) is -0.859. The molecule has 0 fully saturated rings. The van der Waals surface area contributed by atoms with E-state index < -0.39 is 9.84 Å². The molecule has 4 nitrogen and oxygen atoms in total. The number of nitrogens with zero attached hydrogens (tertiary/aromatic N) is 1. The van der Waals surface area contributed by atoms with Crippen LogP contribution in [0.4, 0.5) is 0 Å². The van der Waals surface area contributed by atoms with Gasteiger partial charge >= 0.3 is 0 Å². The van der Waals surface area contributed by atoms with E-state index in [0.29, 0.717) is 12.6 Å². The van der Waals surface area contributed by atoms with Gasteiger partial charge in [-0.2, -0.15) is 0 Å². The van der Waals surface area contributed by atoms with Crippen molar-refractivity contribution in [2.45, 2.75) is 32.7 Å². The summed E-state index contributed by atoms with van der Waals surface area (Å²) in [6, 6.07) is 0.501. The Morgan fingerprint density at radius 1 is 1.31 bits per heavy atom. The molecule has 98 valence electrons. The summed E-state index contributed by atoms with van der Waals surface area (Å²) >= 11 is 0. The Balaban J connectivity index is 3.60. The van der Waals surface area contributed by atoms with Crippen molar-refractivity contribution in [1.29, 1.82) is 0 Å². The van der Waals surface area contributed by atoms with Gasteiger partial charge in [0.2, 0.25) is 0 Å². The van der Waals surface area contributed by atoms with Crippen LogP contribution in [0, 0.1) is 0 Å². The Morgan fingerprint density at radius 3 is 2.44 bits per heavy atom. The van der Waals surface area contributed by atoms with Gasteiger partial charge in [-0.05, 0) is 39.9 Å². The lowest BCUT2D eigenvalue weighted by Crippen LogP contribution is -2.33. The molecule has 0 rings (SSSR count). The lowest BCUT2D eigenvalue weighted by molar-refractivity contribution is 0.326. The second-order valence-electron chi connectivity index (χ2n) is 4.58. The third-order valence-corrected chi connectivity index (χ3v) is 3.45. The molecule has 16 heavy (non-hydrogen) atoms. The molecule has 1 unspecified atom stereocenters. The smallest absolute Gasteiger partial charge is 0.148 e. The summed E-state index contributed by atoms with van der Waals surface area (Å²) < 4.78 is 22.0. The Kier molecular flexibility index (Phi) is 7.97. The molecule has 0 heterocycles. The normalized spacial score (nSPS) is 14.3. The zero-order chi connectivity index (χ0) is 12.6. The first kappa shape index (κ1) is 15.9. The van der Waals surface area contributed by atoms with E-state index in [9.17, 15) is 8.42 Å². The summed E-state index contributed by atoms with van der Waals surface area (Å²) in [4.78, 5) is 2.07. The van der Waals surface area contributed by atoms with Gasteiger partial charge in [-0.15, -0.1) is 0 Å². The SMILES string of the molecule is CCCNC(C)CCN(C)CCS(C)(=O)=O. The lowest BCUT2D eigenvalue weighted by atomic mass is 10.2. The van der Waals surface area contributed by atoms with Gasteiger partial charge in [-0.1, -0.05) is 6.92 Å². The Labute approximate surface area is 100 Å². The van der Waals surface area contributed by atoms with E-state index in [0.717, 1.165) is 25.9 Å². The number of rotatable bonds is 9. The molecule has 0 radical (unpaired) electrons. The van der Waals surface area contributed by atoms with Crippen LogP contribution in [0.3, 0.4) is 0 Å². The van der Waals surface area contributed by atoms with Crippen LogP contribution in [0.5, 0.6) is 0 Å². The minimum absolute atomic E-state index is 0.250. The minimum Gasteiger partial charge on any atom is -0.314 e. The highest BCUT2D eigenvalue weighted by atomic mass is 32.2. The highest BCUT2D eigenvalue weighted by Gasteiger charge is 2.07. The molecule has 5 heteroatoms. The predicted molar refractivity (Wildman–Crippen MR) is 69.6 cm³/mol. The maximum atomic E-state index is 11.0. The third-order valence-electron chi connectivity index (χ3n) is 2.53. The van der Waals surface area contributed by atoms with Crippen molar-refractivity contribution < 1.29 is 8.42 Å². The van der Waals surface area contributed by atoms with Crippen molar-refractivity contribution in [2.75, 3.05) is 38.7 Å². The van der Waals surface area contributed by atoms with Crippen molar-refractivity contribution in [3.8, 4) is 0 Å². The Morgan fingerprint density at radius 2 is 1.94 bits per heavy atom. The molecule has 0 aliphatic heterocycles. The molecule has 0 spiro atoms. The van der Waals surface area contributed by atoms with Crippen molar-refractivity contribution >= 4 is 9.84 Å². The Bertz CT molecular complexity index is 265. The first-order chi connectivity index (χ1) is 7.35. The van der Waals surface area contributed by atoms with Gasteiger partial charge < -0.3 is 10.2 Å². The van der Waals surface area contributed by atoms with Gasteiger partial charge in [0, 0.05) is 18.8 Å². The molecule has 1 N–H and O–H groups in total. The zero-order valence-corrected chi connectivity index (χ0v) is 11.8. The fourth-order valence-electron chi connectivity index (χ4n) is 1.34. The van der Waals surface area contributed by atoms with Gasteiger partial charge in [-0.25, -0.2) is 8.42 Å². The Hall–Kier alpha value is -0.130. The first-order valence-electron chi connectivity index (χ1n) is 5.94. The van der Waals surface area contributed by atoms with E-state index in [-0.39, 0.29) is 5.75 Å². The standard InChI is InChI=1S/C11H26N2O2S/c1-5-7-12-11(2)6-8-13(3)9-10-16(4,14)15/h11-12H,5-10H2,1-4H3. The van der Waals surface area contributed by atoms with Gasteiger partial charge in [0.15, 0.2) is 0 Å². The molecule has 0 saturated carbocycles. The van der Waals surface area contributed by atoms with Crippen LogP contribution in [0.1, 0.15) is 26.7 Å². The number of nitrogens with one attached hydrogen (secondary N) is 1. The maximum Gasteiger partial charge on any atom is 0.148 e. The monoisotopic (exact) mass is 250 g/mol. The molecule has 0 aromatic carbocycles. The molecular weight excluding hydrogens is 224 g/mol. The number of hydrogen-bond donors (Lipinski definition) is 1. The van der Waals surface area contributed by atoms with Crippen LogP contribution < -0.4 is 5.32 Å². The second kappa shape index (κ2) is 8.03. The van der Waals surface area contributed by atoms with E-state index in [1.165, 1.54) is 6.26 Å². The summed E-state index contributed by atoms with van der Waals surface area (Å²) in [6.07, 6.45) is 3.49. The van der Waals surface area contributed by atoms with Crippen LogP contribution in [0.25, 0.3) is 0 Å². The van der Waals surface area contributed by atoms with Crippen LogP contribution in [-0.2, 0) is 9.84 Å². The highest BCUT2D eigenvalue weighted by Crippen LogP contribution is 1.95. The molecule has 1 atom stereocenters. The van der Waals surface area contributed by atoms with E-state index in [2.05, 4.69) is 24.1 Å². The van der Waals surface area contributed by atoms with Crippen molar-refractivity contribution in [1.82, 2.24) is 10.2 Å². The fraction of sp³-hybridized carbons (Fsp3) is 1.00. The first-order valence-corrected chi connectivity index (χ1v) is 8.01. The van der Waals surface area contributed by atoms with Crippen LogP contribution in [-0.4, -0.2) is 58.1 Å². The summed E-state index contributed by atoms with van der Waals surface area (Å²) in [5.41, 5.74) is 0. The van der Waals surface area contributed by atoms with Gasteiger partial charge in [0.05, 0.1) is 5.75 Å². The van der Waals surface area contributed by atoms with Gasteiger partial charge in [-0.3, -0.25) is 0 Å². The van der Waals surface area contributed by atoms with Gasteiger partial charge in [0.25, 0.3) is 0 Å². The minimum atomic E-state index is -2.83. The molecule has 0 amide bonds. The molecular formula is C11H26N2O2S. The fourth-order valence-corrected chi connectivity index (χ4v) is 1.98. The summed E-state index contributed by atoms with van der Waals surface area (Å²) in [5, 5.41) is 3.42. The summed E-state index contributed by atoms with van der Waals surface area (Å²) in [5.74, 6) is 0.250. The van der Waals surface area contributed by atoms with E-state index in [4.69, 9.17) is 0 Å². The average Bonchev–Trinajstić information content (AvgIpc) is 2.19. The van der Waals surface area contributed by atoms with E-state index in [1.54, 1.807) is 0 Å². The van der Waals surface area contributed by atoms with Crippen molar-refractivity contribution in [2.24, 2.45) is 0 Å². The number of sulfone groups is 1.